The van der Waals surface area contributed by atoms with Gasteiger partial charge in [0.15, 0.2) is 0 Å². The van der Waals surface area contributed by atoms with E-state index in [4.69, 9.17) is 18.9 Å². The van der Waals surface area contributed by atoms with Crippen LogP contribution in [0.15, 0.2) is 12.2 Å². The maximum atomic E-state index is 11.0. The van der Waals surface area contributed by atoms with E-state index in [-0.39, 0.29) is 30.4 Å². The predicted octanol–water partition coefficient (Wildman–Crippen LogP) is 1.02. The van der Waals surface area contributed by atoms with Gasteiger partial charge in [-0.25, -0.2) is 0 Å². The Morgan fingerprint density at radius 2 is 1.76 bits per heavy atom. The molecule has 2 rings (SSSR count). The highest BCUT2D eigenvalue weighted by molar-refractivity contribution is 5.66. The van der Waals surface area contributed by atoms with Gasteiger partial charge in [0.05, 0.1) is 18.3 Å². The molecular formula is C12H18O5. The summed E-state index contributed by atoms with van der Waals surface area (Å²) < 4.78 is 21.5. The molecular weight excluding hydrogens is 224 g/mol. The third kappa shape index (κ3) is 3.28. The molecule has 4 atom stereocenters. The molecule has 17 heavy (non-hydrogen) atoms. The summed E-state index contributed by atoms with van der Waals surface area (Å²) in [5, 5.41) is 0. The molecule has 1 heterocycles. The van der Waals surface area contributed by atoms with Crippen LogP contribution in [0.25, 0.3) is 0 Å². The fraction of sp³-hybridized carbons (Fsp3) is 0.750. The van der Waals surface area contributed by atoms with Gasteiger partial charge in [-0.2, -0.15) is 0 Å². The van der Waals surface area contributed by atoms with E-state index >= 15 is 0 Å². The zero-order chi connectivity index (χ0) is 12.3. The molecule has 0 aromatic rings. The maximum absolute atomic E-state index is 11.0. The number of carbonyl (C=O) groups excluding carboxylic acids is 1. The summed E-state index contributed by atoms with van der Waals surface area (Å²) in [6.07, 6.45) is 4.90. The lowest BCUT2D eigenvalue weighted by Crippen LogP contribution is -2.33. The van der Waals surface area contributed by atoms with E-state index in [2.05, 4.69) is 0 Å². The third-order valence-corrected chi connectivity index (χ3v) is 3.07. The third-order valence-electron chi connectivity index (χ3n) is 3.07. The molecule has 96 valence electrons. The Labute approximate surface area is 101 Å². The normalized spacial score (nSPS) is 38.9. The van der Waals surface area contributed by atoms with Gasteiger partial charge in [0.25, 0.3) is 0 Å². The average molecular weight is 242 g/mol. The molecule has 0 aromatic heterocycles. The molecule has 0 N–H and O–H groups in total. The minimum atomic E-state index is -0.287. The van der Waals surface area contributed by atoms with E-state index in [1.54, 1.807) is 7.11 Å². The smallest absolute Gasteiger partial charge is 0.303 e. The number of methoxy groups -OCH3 is 1. The van der Waals surface area contributed by atoms with E-state index in [0.29, 0.717) is 13.2 Å². The number of hydrogen-bond donors (Lipinski definition) is 0. The fourth-order valence-corrected chi connectivity index (χ4v) is 2.21. The van der Waals surface area contributed by atoms with Gasteiger partial charge in [0, 0.05) is 26.9 Å². The lowest BCUT2D eigenvalue weighted by atomic mass is 9.97. The van der Waals surface area contributed by atoms with Crippen LogP contribution in [-0.4, -0.2) is 44.3 Å². The van der Waals surface area contributed by atoms with E-state index < -0.39 is 0 Å². The molecule has 0 radical (unpaired) electrons. The van der Waals surface area contributed by atoms with Crippen molar-refractivity contribution in [3.63, 3.8) is 0 Å². The number of rotatable bonds is 2. The highest BCUT2D eigenvalue weighted by atomic mass is 16.7. The number of fused-ring (bicyclic) bond motifs is 1. The van der Waals surface area contributed by atoms with Gasteiger partial charge < -0.3 is 18.9 Å². The molecule has 0 spiro atoms. The Morgan fingerprint density at radius 3 is 2.35 bits per heavy atom. The summed E-state index contributed by atoms with van der Waals surface area (Å²) in [6.45, 7) is 1.71. The molecule has 1 fully saturated rings. The van der Waals surface area contributed by atoms with E-state index in [1.165, 1.54) is 6.92 Å². The Hall–Kier alpha value is -0.910. The van der Waals surface area contributed by atoms with Gasteiger partial charge in [0.2, 0.25) is 0 Å². The number of hydrogen-bond acceptors (Lipinski definition) is 5. The van der Waals surface area contributed by atoms with Crippen molar-refractivity contribution in [2.45, 2.75) is 44.2 Å². The summed E-state index contributed by atoms with van der Waals surface area (Å²) in [5.41, 5.74) is 0. The Balaban J connectivity index is 2.07. The van der Waals surface area contributed by atoms with Crippen LogP contribution in [-0.2, 0) is 23.7 Å². The molecule has 1 saturated heterocycles. The fourth-order valence-electron chi connectivity index (χ4n) is 2.21. The van der Waals surface area contributed by atoms with Gasteiger partial charge in [-0.15, -0.1) is 0 Å². The van der Waals surface area contributed by atoms with Crippen molar-refractivity contribution >= 4 is 5.97 Å². The molecule has 0 amide bonds. The topological polar surface area (TPSA) is 54.0 Å². The highest BCUT2D eigenvalue weighted by Gasteiger charge is 2.34. The van der Waals surface area contributed by atoms with Crippen LogP contribution in [0, 0.1) is 0 Å². The van der Waals surface area contributed by atoms with Crippen molar-refractivity contribution in [1.82, 2.24) is 0 Å². The van der Waals surface area contributed by atoms with Crippen molar-refractivity contribution in [3.8, 4) is 0 Å². The average Bonchev–Trinajstić information content (AvgIpc) is 2.66. The van der Waals surface area contributed by atoms with Crippen LogP contribution in [0.3, 0.4) is 0 Å². The molecule has 0 saturated carbocycles. The van der Waals surface area contributed by atoms with Crippen LogP contribution in [0.5, 0.6) is 0 Å². The van der Waals surface area contributed by atoms with Crippen LogP contribution >= 0.6 is 0 Å². The Bertz CT molecular complexity index is 301. The maximum Gasteiger partial charge on any atom is 0.303 e. The Morgan fingerprint density at radius 1 is 1.18 bits per heavy atom. The highest BCUT2D eigenvalue weighted by Crippen LogP contribution is 2.26. The monoisotopic (exact) mass is 242 g/mol. The number of carbonyl (C=O) groups is 1. The Kier molecular flexibility index (Phi) is 4.15. The molecule has 2 aliphatic rings. The van der Waals surface area contributed by atoms with Gasteiger partial charge in [-0.1, -0.05) is 6.08 Å². The summed E-state index contributed by atoms with van der Waals surface area (Å²) in [7, 11) is 1.66. The van der Waals surface area contributed by atoms with E-state index in [9.17, 15) is 4.79 Å². The largest absolute Gasteiger partial charge is 0.458 e. The van der Waals surface area contributed by atoms with Gasteiger partial charge >= 0.3 is 5.97 Å². The van der Waals surface area contributed by atoms with Gasteiger partial charge in [-0.3, -0.25) is 4.79 Å². The number of ether oxygens (including phenoxy) is 4. The number of esters is 1. The summed E-state index contributed by atoms with van der Waals surface area (Å²) >= 11 is 0. The molecule has 5 heteroatoms. The zero-order valence-electron chi connectivity index (χ0n) is 10.1. The molecule has 4 unspecified atom stereocenters. The lowest BCUT2D eigenvalue weighted by Gasteiger charge is -2.26. The summed E-state index contributed by atoms with van der Waals surface area (Å²) in [4.78, 5) is 11.0. The van der Waals surface area contributed by atoms with Crippen molar-refractivity contribution in [2.24, 2.45) is 0 Å². The van der Waals surface area contributed by atoms with Crippen LogP contribution in [0.1, 0.15) is 19.8 Å². The molecule has 0 aromatic carbocycles. The second-order valence-electron chi connectivity index (χ2n) is 4.31. The minimum absolute atomic E-state index is 0.0166. The zero-order valence-corrected chi connectivity index (χ0v) is 10.1. The molecule has 1 aliphatic heterocycles. The van der Waals surface area contributed by atoms with E-state index in [0.717, 1.165) is 6.42 Å². The standard InChI is InChI=1S/C12H18O5/c1-8(13)17-10-4-3-9(14-2)5-11-12(6-10)16-7-15-11/h3-4,9-12H,5-7H2,1-2H3/b4-3+. The van der Waals surface area contributed by atoms with Crippen molar-refractivity contribution in [3.05, 3.63) is 12.2 Å². The van der Waals surface area contributed by atoms with Crippen molar-refractivity contribution < 1.29 is 23.7 Å². The summed E-state index contributed by atoms with van der Waals surface area (Å²) in [5.74, 6) is -0.287. The molecule has 1 aliphatic carbocycles. The van der Waals surface area contributed by atoms with Crippen LogP contribution < -0.4 is 0 Å². The first-order valence-electron chi connectivity index (χ1n) is 5.80. The first kappa shape index (κ1) is 12.5. The van der Waals surface area contributed by atoms with E-state index in [1.807, 2.05) is 12.2 Å². The quantitative estimate of drug-likeness (QED) is 0.534. The lowest BCUT2D eigenvalue weighted by molar-refractivity contribution is -0.145. The first-order valence-corrected chi connectivity index (χ1v) is 5.80. The second-order valence-corrected chi connectivity index (χ2v) is 4.31. The predicted molar refractivity (Wildman–Crippen MR) is 59.3 cm³/mol. The van der Waals surface area contributed by atoms with Crippen molar-refractivity contribution in [1.29, 1.82) is 0 Å². The summed E-state index contributed by atoms with van der Waals surface area (Å²) in [6, 6.07) is 0. The SMILES string of the molecule is COC1/C=C/C(OC(C)=O)CC2OCOC2C1. The van der Waals surface area contributed by atoms with Gasteiger partial charge in [-0.05, 0) is 6.08 Å². The molecule has 5 nitrogen and oxygen atoms in total. The second kappa shape index (κ2) is 5.62. The van der Waals surface area contributed by atoms with Crippen LogP contribution in [0.2, 0.25) is 0 Å². The first-order chi connectivity index (χ1) is 8.19. The van der Waals surface area contributed by atoms with Crippen LogP contribution in [0.4, 0.5) is 0 Å². The van der Waals surface area contributed by atoms with Crippen molar-refractivity contribution in [2.75, 3.05) is 13.9 Å². The molecule has 0 bridgehead atoms. The minimum Gasteiger partial charge on any atom is -0.458 e. The van der Waals surface area contributed by atoms with Gasteiger partial charge in [0.1, 0.15) is 12.9 Å².